The Labute approximate surface area is 106 Å². The number of nitrogens with zero attached hydrogens (tertiary/aromatic N) is 2. The van der Waals surface area contributed by atoms with E-state index in [0.717, 1.165) is 0 Å². The molecule has 1 aliphatic rings. The minimum Gasteiger partial charge on any atom is -0.394 e. The zero-order valence-corrected chi connectivity index (χ0v) is 9.75. The Bertz CT molecular complexity index is 606. The monoisotopic (exact) mass is 270 g/mol. The third kappa shape index (κ3) is 1.82. The number of aliphatic hydroxyl groups excluding tert-OH is 2. The van der Waals surface area contributed by atoms with Crippen LogP contribution in [0.4, 0.5) is 10.2 Å². The molecule has 19 heavy (non-hydrogen) atoms. The molecule has 1 unspecified atom stereocenters. The van der Waals surface area contributed by atoms with Crippen LogP contribution >= 0.6 is 0 Å². The maximum atomic E-state index is 13.9. The van der Waals surface area contributed by atoms with E-state index in [1.807, 2.05) is 0 Å². The molecule has 6 N–H and O–H groups in total. The van der Waals surface area contributed by atoms with Gasteiger partial charge in [-0.3, -0.25) is 4.98 Å². The molecule has 1 fully saturated rings. The van der Waals surface area contributed by atoms with Gasteiger partial charge in [0, 0.05) is 0 Å². The van der Waals surface area contributed by atoms with Gasteiger partial charge in [-0.2, -0.15) is 4.98 Å². The van der Waals surface area contributed by atoms with E-state index in [9.17, 15) is 9.50 Å². The number of imidazole rings is 1. The number of nitrogens with two attached hydrogens (primary N) is 1. The highest BCUT2D eigenvalue weighted by atomic mass is 19.1. The van der Waals surface area contributed by atoms with E-state index < -0.39 is 31.1 Å². The quantitative estimate of drug-likeness (QED) is 0.524. The van der Waals surface area contributed by atoms with Crippen molar-refractivity contribution in [3.63, 3.8) is 0 Å². The van der Waals surface area contributed by atoms with Crippen molar-refractivity contribution in [2.45, 2.75) is 24.5 Å². The van der Waals surface area contributed by atoms with Crippen molar-refractivity contribution in [2.24, 2.45) is 0 Å². The molecule has 0 bridgehead atoms. The average molecular weight is 270 g/mol. The summed E-state index contributed by atoms with van der Waals surface area (Å²) in [4.78, 5) is 13.7. The predicted molar refractivity (Wildman–Crippen MR) is 60.5 cm³/mol. The number of rotatable bonds is 2. The Kier molecular flexibility index (Phi) is 2.81. The maximum absolute atomic E-state index is 13.9. The lowest BCUT2D eigenvalue weighted by atomic mass is 10.1. The van der Waals surface area contributed by atoms with Gasteiger partial charge in [-0.05, 0) is 0 Å². The number of fused-ring (bicyclic) bond motifs is 1. The number of alkyl halides is 1. The molecule has 0 spiro atoms. The number of aliphatic hydroxyl groups is 2. The summed E-state index contributed by atoms with van der Waals surface area (Å²) in [6.45, 7) is -0.480. The van der Waals surface area contributed by atoms with Crippen LogP contribution in [-0.2, 0) is 4.74 Å². The van der Waals surface area contributed by atoms with E-state index in [-0.39, 0.29) is 11.6 Å². The predicted octanol–water partition coefficient (Wildman–Crippen LogP) is -1.51. The number of halogens is 1. The Balaban J connectivity index is 2.00. The number of anilines is 1. The van der Waals surface area contributed by atoms with Crippen molar-refractivity contribution in [1.82, 2.24) is 15.0 Å². The first-order valence-electron chi connectivity index (χ1n) is 5.72. The van der Waals surface area contributed by atoms with Crippen molar-refractivity contribution < 1.29 is 24.3 Å². The van der Waals surface area contributed by atoms with Gasteiger partial charge < -0.3 is 20.7 Å². The van der Waals surface area contributed by atoms with Crippen LogP contribution in [0, 0.1) is 0 Å². The molecule has 1 saturated heterocycles. The number of hydrogen-bond donors (Lipinski definition) is 4. The molecule has 0 aliphatic carbocycles. The number of ether oxygens (including phenoxy) is 1. The molecule has 4 atom stereocenters. The second kappa shape index (κ2) is 4.37. The van der Waals surface area contributed by atoms with Crippen molar-refractivity contribution in [3.05, 3.63) is 12.2 Å². The van der Waals surface area contributed by atoms with Crippen LogP contribution in [0.15, 0.2) is 6.33 Å². The Morgan fingerprint density at radius 1 is 1.53 bits per heavy atom. The number of aromatic nitrogens is 4. The minimum atomic E-state index is -1.71. The van der Waals surface area contributed by atoms with Crippen LogP contribution < -0.4 is 10.7 Å². The summed E-state index contributed by atoms with van der Waals surface area (Å²) in [6.07, 6.45) is -3.75. The summed E-state index contributed by atoms with van der Waals surface area (Å²) < 4.78 is 19.2. The molecular weight excluding hydrogens is 257 g/mol. The Morgan fingerprint density at radius 2 is 2.32 bits per heavy atom. The van der Waals surface area contributed by atoms with Crippen LogP contribution in [0.25, 0.3) is 11.2 Å². The number of nitrogen functional groups attached to an aromatic ring is 1. The third-order valence-corrected chi connectivity index (χ3v) is 3.13. The second-order valence-electron chi connectivity index (χ2n) is 4.34. The molecule has 3 rings (SSSR count). The lowest BCUT2D eigenvalue weighted by Gasteiger charge is -2.08. The fraction of sp³-hybridized carbons (Fsp3) is 0.500. The van der Waals surface area contributed by atoms with Crippen molar-refractivity contribution in [3.8, 4) is 0 Å². The molecular formula is C10H13FN5O3+. The molecule has 0 amide bonds. The zero-order chi connectivity index (χ0) is 13.6. The minimum absolute atomic E-state index is 0.0309. The van der Waals surface area contributed by atoms with Gasteiger partial charge in [0.15, 0.2) is 24.4 Å². The van der Waals surface area contributed by atoms with Gasteiger partial charge in [-0.25, -0.2) is 9.37 Å². The van der Waals surface area contributed by atoms with Crippen LogP contribution in [0.5, 0.6) is 0 Å². The number of nitrogens with one attached hydrogen (secondary N) is 2. The van der Waals surface area contributed by atoms with E-state index in [1.54, 1.807) is 0 Å². The van der Waals surface area contributed by atoms with Crippen LogP contribution in [0.3, 0.4) is 0 Å². The van der Waals surface area contributed by atoms with E-state index in [0.29, 0.717) is 11.2 Å². The van der Waals surface area contributed by atoms with Crippen molar-refractivity contribution in [2.75, 3.05) is 12.3 Å². The highest BCUT2D eigenvalue weighted by Gasteiger charge is 2.47. The number of H-pyrrole nitrogens is 2. The van der Waals surface area contributed by atoms with Gasteiger partial charge >= 0.3 is 5.65 Å². The van der Waals surface area contributed by atoms with E-state index in [2.05, 4.69) is 19.9 Å². The SMILES string of the molecule is Nc1nc(C2O[C@H](CO)[C@@H](O)[C@@H]2F)nc2[nH+]c[nH]c12. The molecule has 0 saturated carbocycles. The molecule has 2 aromatic rings. The zero-order valence-electron chi connectivity index (χ0n) is 9.75. The third-order valence-electron chi connectivity index (χ3n) is 3.13. The summed E-state index contributed by atoms with van der Waals surface area (Å²) in [5.74, 6) is 0.183. The summed E-state index contributed by atoms with van der Waals surface area (Å²) in [5, 5.41) is 18.6. The first-order chi connectivity index (χ1) is 9.11. The number of hydrogen-bond acceptors (Lipinski definition) is 6. The smallest absolute Gasteiger partial charge is 0.305 e. The van der Waals surface area contributed by atoms with Gasteiger partial charge in [-0.1, -0.05) is 4.98 Å². The molecule has 102 valence electrons. The molecule has 0 radical (unpaired) electrons. The Hall–Kier alpha value is -1.84. The summed E-state index contributed by atoms with van der Waals surface area (Å²) in [7, 11) is 0. The van der Waals surface area contributed by atoms with Gasteiger partial charge in [0.2, 0.25) is 11.3 Å². The molecule has 3 heterocycles. The molecule has 8 nitrogen and oxygen atoms in total. The van der Waals surface area contributed by atoms with Gasteiger partial charge in [-0.15, -0.1) is 0 Å². The topological polar surface area (TPSA) is 131 Å². The highest BCUT2D eigenvalue weighted by molar-refractivity contribution is 5.78. The fourth-order valence-electron chi connectivity index (χ4n) is 2.13. The largest absolute Gasteiger partial charge is 0.394 e. The molecule has 0 aromatic carbocycles. The van der Waals surface area contributed by atoms with Gasteiger partial charge in [0.05, 0.1) is 6.61 Å². The summed E-state index contributed by atoms with van der Waals surface area (Å²) in [6, 6.07) is 0. The van der Waals surface area contributed by atoms with Crippen molar-refractivity contribution >= 4 is 17.0 Å². The van der Waals surface area contributed by atoms with E-state index >= 15 is 0 Å². The van der Waals surface area contributed by atoms with E-state index in [1.165, 1.54) is 6.33 Å². The van der Waals surface area contributed by atoms with Crippen LogP contribution in [0.2, 0.25) is 0 Å². The van der Waals surface area contributed by atoms with E-state index in [4.69, 9.17) is 15.6 Å². The summed E-state index contributed by atoms with van der Waals surface area (Å²) >= 11 is 0. The molecule has 1 aliphatic heterocycles. The normalized spacial score (nSPS) is 31.1. The average Bonchev–Trinajstić information content (AvgIpc) is 2.96. The van der Waals surface area contributed by atoms with Crippen LogP contribution in [0.1, 0.15) is 11.9 Å². The number of aromatic amines is 2. The van der Waals surface area contributed by atoms with Gasteiger partial charge in [0.25, 0.3) is 0 Å². The van der Waals surface area contributed by atoms with Crippen molar-refractivity contribution in [1.29, 1.82) is 0 Å². The lowest BCUT2D eigenvalue weighted by Crippen LogP contribution is -2.30. The van der Waals surface area contributed by atoms with Crippen LogP contribution in [-0.4, -0.2) is 50.2 Å². The fourth-order valence-corrected chi connectivity index (χ4v) is 2.13. The second-order valence-corrected chi connectivity index (χ2v) is 4.34. The molecule has 2 aromatic heterocycles. The van der Waals surface area contributed by atoms with Gasteiger partial charge in [0.1, 0.15) is 12.2 Å². The maximum Gasteiger partial charge on any atom is 0.305 e. The lowest BCUT2D eigenvalue weighted by molar-refractivity contribution is -0.347. The first-order valence-corrected chi connectivity index (χ1v) is 5.72. The highest BCUT2D eigenvalue weighted by Crippen LogP contribution is 2.34. The Morgan fingerprint density at radius 3 is 3.00 bits per heavy atom. The first kappa shape index (κ1) is 12.2. The standard InChI is InChI=1S/C10H12FN5O3/c11-4-6(18)3(1-17)19-7(4)10-15-8(12)5-9(16-10)14-2-13-5/h2-4,6-7,17-18H,1H2,(H3,12,13,14,15,16)/p+1/t3-,4+,6-,7?/m1/s1. The molecule has 9 heteroatoms. The summed E-state index contributed by atoms with van der Waals surface area (Å²) in [5.41, 5.74) is 6.65.